The van der Waals surface area contributed by atoms with Gasteiger partial charge in [-0.2, -0.15) is 5.10 Å². The van der Waals surface area contributed by atoms with Crippen LogP contribution in [0.3, 0.4) is 0 Å². The molecular formula is C12H20N4OS. The largest absolute Gasteiger partial charge is 0.389 e. The first-order valence-electron chi connectivity index (χ1n) is 6.24. The molecule has 1 aromatic rings. The van der Waals surface area contributed by atoms with Crippen LogP contribution in [0.2, 0.25) is 0 Å². The van der Waals surface area contributed by atoms with E-state index in [1.54, 1.807) is 4.68 Å². The second kappa shape index (κ2) is 5.24. The van der Waals surface area contributed by atoms with Gasteiger partial charge in [-0.15, -0.1) is 0 Å². The minimum atomic E-state index is 0.384. The minimum absolute atomic E-state index is 0.384. The number of aryl methyl sites for hydroxylation is 2. The maximum atomic E-state index is 5.75. The molecule has 5 nitrogen and oxygen atoms in total. The molecule has 18 heavy (non-hydrogen) atoms. The van der Waals surface area contributed by atoms with Crippen molar-refractivity contribution in [2.45, 2.75) is 38.8 Å². The van der Waals surface area contributed by atoms with E-state index in [0.717, 1.165) is 36.5 Å². The molecule has 1 fully saturated rings. The molecule has 0 atom stereocenters. The van der Waals surface area contributed by atoms with Gasteiger partial charge in [0, 0.05) is 19.7 Å². The van der Waals surface area contributed by atoms with Crippen molar-refractivity contribution in [3.05, 3.63) is 11.3 Å². The Morgan fingerprint density at radius 3 is 2.83 bits per heavy atom. The van der Waals surface area contributed by atoms with Crippen molar-refractivity contribution < 1.29 is 4.74 Å². The van der Waals surface area contributed by atoms with Gasteiger partial charge in [0.25, 0.3) is 0 Å². The number of ether oxygens (including phenoxy) is 1. The second-order valence-electron chi connectivity index (χ2n) is 4.69. The highest BCUT2D eigenvalue weighted by Gasteiger charge is 2.31. The summed E-state index contributed by atoms with van der Waals surface area (Å²) in [6.07, 6.45) is 2.43. The Labute approximate surface area is 113 Å². The second-order valence-corrected chi connectivity index (χ2v) is 5.13. The van der Waals surface area contributed by atoms with Crippen molar-refractivity contribution >= 4 is 23.0 Å². The molecule has 0 aliphatic heterocycles. The maximum Gasteiger partial charge on any atom is 0.134 e. The van der Waals surface area contributed by atoms with Crippen LogP contribution in [0.1, 0.15) is 31.0 Å². The maximum absolute atomic E-state index is 5.75. The molecule has 0 spiro atoms. The molecule has 1 aliphatic carbocycles. The molecule has 1 aromatic heterocycles. The summed E-state index contributed by atoms with van der Waals surface area (Å²) in [5.74, 6) is 0.917. The predicted molar refractivity (Wildman–Crippen MR) is 75.9 cm³/mol. The summed E-state index contributed by atoms with van der Waals surface area (Å²) in [5.41, 5.74) is 7.48. The molecule has 1 heterocycles. The molecule has 0 aromatic carbocycles. The van der Waals surface area contributed by atoms with E-state index in [0.29, 0.717) is 17.1 Å². The highest BCUT2D eigenvalue weighted by molar-refractivity contribution is 7.80. The van der Waals surface area contributed by atoms with Crippen LogP contribution in [0.15, 0.2) is 0 Å². The molecule has 6 heteroatoms. The highest BCUT2D eigenvalue weighted by atomic mass is 32.1. The van der Waals surface area contributed by atoms with Crippen molar-refractivity contribution in [1.82, 2.24) is 9.78 Å². The van der Waals surface area contributed by atoms with E-state index in [2.05, 4.69) is 10.4 Å². The molecule has 0 bridgehead atoms. The first kappa shape index (κ1) is 13.3. The Bertz CT molecular complexity index is 451. The first-order chi connectivity index (χ1) is 8.52. The van der Waals surface area contributed by atoms with Crippen LogP contribution >= 0.6 is 12.2 Å². The van der Waals surface area contributed by atoms with Crippen molar-refractivity contribution in [2.75, 3.05) is 11.9 Å². The fourth-order valence-corrected chi connectivity index (χ4v) is 2.61. The minimum Gasteiger partial charge on any atom is -0.389 e. The number of aromatic nitrogens is 2. The Kier molecular flexibility index (Phi) is 3.87. The Balaban J connectivity index is 2.04. The topological polar surface area (TPSA) is 65.1 Å². The Morgan fingerprint density at radius 2 is 2.28 bits per heavy atom. The zero-order chi connectivity index (χ0) is 13.3. The van der Waals surface area contributed by atoms with Crippen molar-refractivity contribution in [3.63, 3.8) is 0 Å². The number of hydrogen-bond acceptors (Lipinski definition) is 4. The zero-order valence-electron chi connectivity index (χ0n) is 11.1. The summed E-state index contributed by atoms with van der Waals surface area (Å²) < 4.78 is 7.35. The van der Waals surface area contributed by atoms with Gasteiger partial charge in [0.05, 0.1) is 17.4 Å². The van der Waals surface area contributed by atoms with Gasteiger partial charge >= 0.3 is 0 Å². The van der Waals surface area contributed by atoms with Crippen LogP contribution in [-0.2, 0) is 11.8 Å². The van der Waals surface area contributed by atoms with Gasteiger partial charge in [-0.05, 0) is 26.7 Å². The first-order valence-corrected chi connectivity index (χ1v) is 6.65. The van der Waals surface area contributed by atoms with Gasteiger partial charge in [-0.1, -0.05) is 12.2 Å². The van der Waals surface area contributed by atoms with Gasteiger partial charge in [0.15, 0.2) is 0 Å². The summed E-state index contributed by atoms with van der Waals surface area (Å²) in [6, 6.07) is 0.421. The number of hydrogen-bond donors (Lipinski definition) is 2. The number of nitrogens with two attached hydrogens (primary N) is 1. The normalized spacial score (nSPS) is 22.6. The van der Waals surface area contributed by atoms with Gasteiger partial charge in [-0.3, -0.25) is 4.68 Å². The van der Waals surface area contributed by atoms with Gasteiger partial charge < -0.3 is 15.8 Å². The molecule has 0 saturated heterocycles. The van der Waals surface area contributed by atoms with Crippen molar-refractivity contribution in [3.8, 4) is 0 Å². The van der Waals surface area contributed by atoms with E-state index in [9.17, 15) is 0 Å². The summed E-state index contributed by atoms with van der Waals surface area (Å²) in [7, 11) is 1.90. The van der Waals surface area contributed by atoms with Gasteiger partial charge in [0.1, 0.15) is 10.8 Å². The number of nitrogens with zero attached hydrogens (tertiary/aromatic N) is 2. The summed E-state index contributed by atoms with van der Waals surface area (Å²) in [5, 5.41) is 7.81. The average Bonchev–Trinajstić information content (AvgIpc) is 2.50. The smallest absolute Gasteiger partial charge is 0.134 e. The zero-order valence-corrected chi connectivity index (χ0v) is 11.9. The van der Waals surface area contributed by atoms with E-state index in [-0.39, 0.29) is 0 Å². The molecule has 100 valence electrons. The van der Waals surface area contributed by atoms with E-state index in [1.165, 1.54) is 0 Å². The molecule has 0 radical (unpaired) electrons. The van der Waals surface area contributed by atoms with Crippen molar-refractivity contribution in [2.24, 2.45) is 12.8 Å². The predicted octanol–water partition coefficient (Wildman–Crippen LogP) is 1.34. The van der Waals surface area contributed by atoms with Crippen LogP contribution in [0.4, 0.5) is 5.82 Å². The highest BCUT2D eigenvalue weighted by Crippen LogP contribution is 2.28. The monoisotopic (exact) mass is 268 g/mol. The molecule has 1 saturated carbocycles. The third-order valence-electron chi connectivity index (χ3n) is 3.31. The average molecular weight is 268 g/mol. The number of anilines is 1. The van der Waals surface area contributed by atoms with Gasteiger partial charge in [0.2, 0.25) is 0 Å². The van der Waals surface area contributed by atoms with Crippen LogP contribution < -0.4 is 11.1 Å². The molecule has 0 amide bonds. The molecule has 0 unspecified atom stereocenters. The van der Waals surface area contributed by atoms with Crippen molar-refractivity contribution in [1.29, 1.82) is 0 Å². The number of thiocarbonyl (C=S) groups is 1. The van der Waals surface area contributed by atoms with Crippen LogP contribution in [0, 0.1) is 6.92 Å². The SMILES string of the molecule is CCOC1CC(Nc2c(C(N)=S)c(C)nn2C)C1. The van der Waals surface area contributed by atoms with E-state index in [1.807, 2.05) is 20.9 Å². The lowest BCUT2D eigenvalue weighted by Crippen LogP contribution is -2.41. The number of rotatable bonds is 5. The van der Waals surface area contributed by atoms with E-state index < -0.39 is 0 Å². The quantitative estimate of drug-likeness (QED) is 0.789. The lowest BCUT2D eigenvalue weighted by Gasteiger charge is -2.36. The summed E-state index contributed by atoms with van der Waals surface area (Å²) in [4.78, 5) is 0.392. The molecular weight excluding hydrogens is 248 g/mol. The Hall–Kier alpha value is -1.14. The van der Waals surface area contributed by atoms with Crippen LogP contribution in [0.25, 0.3) is 0 Å². The van der Waals surface area contributed by atoms with E-state index in [4.69, 9.17) is 22.7 Å². The summed E-state index contributed by atoms with van der Waals surface area (Å²) in [6.45, 7) is 4.72. The summed E-state index contributed by atoms with van der Waals surface area (Å²) >= 11 is 5.08. The third-order valence-corrected chi connectivity index (χ3v) is 3.51. The lowest BCUT2D eigenvalue weighted by atomic mass is 9.89. The Morgan fingerprint density at radius 1 is 1.61 bits per heavy atom. The molecule has 3 N–H and O–H groups in total. The van der Waals surface area contributed by atoms with E-state index >= 15 is 0 Å². The molecule has 2 rings (SSSR count). The van der Waals surface area contributed by atoms with Crippen LogP contribution in [0.5, 0.6) is 0 Å². The third kappa shape index (κ3) is 2.49. The van der Waals surface area contributed by atoms with Crippen LogP contribution in [-0.4, -0.2) is 33.5 Å². The fraction of sp³-hybridized carbons (Fsp3) is 0.667. The fourth-order valence-electron chi connectivity index (χ4n) is 2.37. The number of nitrogens with one attached hydrogen (secondary N) is 1. The standard InChI is InChI=1S/C12H20N4OS/c1-4-17-9-5-8(6-9)14-12-10(11(13)18)7(2)15-16(12)3/h8-9,14H,4-6H2,1-3H3,(H2,13,18). The lowest BCUT2D eigenvalue weighted by molar-refractivity contribution is 0.00286. The molecule has 1 aliphatic rings. The van der Waals surface area contributed by atoms with Gasteiger partial charge in [-0.25, -0.2) is 0 Å².